The second-order valence-electron chi connectivity index (χ2n) is 4.00. The van der Waals surface area contributed by atoms with E-state index in [1.807, 2.05) is 0 Å². The molecule has 0 saturated heterocycles. The molecule has 5 N–H and O–H groups in total. The number of oxime groups is 1. The van der Waals surface area contributed by atoms with Gasteiger partial charge in [0.25, 0.3) is 0 Å². The van der Waals surface area contributed by atoms with Crippen LogP contribution >= 0.6 is 0 Å². The normalized spacial score (nSPS) is 12.4. The van der Waals surface area contributed by atoms with Crippen LogP contribution in [-0.4, -0.2) is 11.0 Å². The number of hydrogen-bond donors (Lipinski definition) is 2. The van der Waals surface area contributed by atoms with Gasteiger partial charge in [0.15, 0.2) is 0 Å². The number of nitrogen functional groups attached to an aromatic ring is 1. The van der Waals surface area contributed by atoms with Crippen molar-refractivity contribution in [2.45, 2.75) is 12.8 Å². The molecule has 10 heteroatoms. The van der Waals surface area contributed by atoms with Crippen molar-refractivity contribution in [1.29, 1.82) is 0 Å². The fraction of sp³-hybridized carbons (Fsp3) is 0.182. The molecule has 2 rings (SSSR count). The van der Waals surface area contributed by atoms with E-state index >= 15 is 0 Å². The van der Waals surface area contributed by atoms with Gasteiger partial charge in [-0.05, 0) is 17.7 Å². The third-order valence-electron chi connectivity index (χ3n) is 2.44. The van der Waals surface area contributed by atoms with Crippen molar-refractivity contribution >= 4 is 11.7 Å². The average molecular weight is 302 g/mol. The monoisotopic (exact) mass is 302 g/mol. The van der Waals surface area contributed by atoms with E-state index in [1.165, 1.54) is 12.1 Å². The molecule has 2 aromatic rings. The Morgan fingerprint density at radius 2 is 2.19 bits per heavy atom. The Morgan fingerprint density at radius 1 is 1.43 bits per heavy atom. The van der Waals surface area contributed by atoms with Crippen LogP contribution in [0.15, 0.2) is 34.1 Å². The van der Waals surface area contributed by atoms with Gasteiger partial charge in [-0.25, -0.2) is 0 Å². The molecule has 0 aliphatic rings. The van der Waals surface area contributed by atoms with Gasteiger partial charge in [-0.3, -0.25) is 0 Å². The van der Waals surface area contributed by atoms with Gasteiger partial charge in [0.05, 0.1) is 10.7 Å². The fourth-order valence-electron chi connectivity index (χ4n) is 1.46. The van der Waals surface area contributed by atoms with Crippen LogP contribution in [0.3, 0.4) is 0 Å². The third kappa shape index (κ3) is 3.61. The highest BCUT2D eigenvalue weighted by Gasteiger charge is 2.30. The van der Waals surface area contributed by atoms with Crippen LogP contribution < -0.4 is 16.6 Å². The minimum absolute atomic E-state index is 0.0546. The van der Waals surface area contributed by atoms with Gasteiger partial charge < -0.3 is 16.3 Å². The van der Waals surface area contributed by atoms with Crippen molar-refractivity contribution in [2.75, 3.05) is 5.73 Å². The molecule has 0 fully saturated rings. The Morgan fingerprint density at radius 3 is 2.81 bits per heavy atom. The SMILES string of the molecule is NC(=NOCc1cccc(C(F)(F)F)c1)c1no[nH+]c1N. The Kier molecular flexibility index (Phi) is 3.96. The van der Waals surface area contributed by atoms with E-state index in [0.29, 0.717) is 5.56 Å². The number of halogens is 3. The van der Waals surface area contributed by atoms with Crippen molar-refractivity contribution < 1.29 is 27.8 Å². The van der Waals surface area contributed by atoms with Crippen LogP contribution in [0.4, 0.5) is 19.0 Å². The van der Waals surface area contributed by atoms with Crippen molar-refractivity contribution in [3.05, 3.63) is 41.1 Å². The van der Waals surface area contributed by atoms with Gasteiger partial charge >= 0.3 is 17.7 Å². The Balaban J connectivity index is 2.02. The van der Waals surface area contributed by atoms with Crippen LogP contribution in [0.5, 0.6) is 0 Å². The number of amidine groups is 1. The lowest BCUT2D eigenvalue weighted by Gasteiger charge is -2.07. The zero-order valence-electron chi connectivity index (χ0n) is 10.5. The molecule has 1 aromatic heterocycles. The molecule has 0 saturated carbocycles. The quantitative estimate of drug-likeness (QED) is 0.495. The van der Waals surface area contributed by atoms with E-state index in [-0.39, 0.29) is 24.0 Å². The van der Waals surface area contributed by atoms with Crippen LogP contribution in [0.25, 0.3) is 0 Å². The maximum atomic E-state index is 12.5. The maximum Gasteiger partial charge on any atom is 0.416 e. The average Bonchev–Trinajstić information content (AvgIpc) is 2.84. The summed E-state index contributed by atoms with van der Waals surface area (Å²) in [7, 11) is 0. The molecule has 7 nitrogen and oxygen atoms in total. The van der Waals surface area contributed by atoms with Gasteiger partial charge in [0.2, 0.25) is 5.84 Å². The smallest absolute Gasteiger partial charge is 0.389 e. The fourth-order valence-corrected chi connectivity index (χ4v) is 1.46. The molecule has 0 radical (unpaired) electrons. The molecule has 1 heterocycles. The number of anilines is 1. The Labute approximate surface area is 116 Å². The lowest BCUT2D eigenvalue weighted by atomic mass is 10.1. The molecule has 0 bridgehead atoms. The molecule has 0 unspecified atom stereocenters. The number of alkyl halides is 3. The van der Waals surface area contributed by atoms with E-state index < -0.39 is 11.7 Å². The number of H-pyrrole nitrogens is 1. The summed E-state index contributed by atoms with van der Waals surface area (Å²) in [5.41, 5.74) is 10.5. The van der Waals surface area contributed by atoms with Gasteiger partial charge in [-0.15, -0.1) is 4.63 Å². The number of nitrogens with two attached hydrogens (primary N) is 2. The van der Waals surface area contributed by atoms with Crippen molar-refractivity contribution in [1.82, 2.24) is 5.16 Å². The minimum atomic E-state index is -4.41. The first-order valence-corrected chi connectivity index (χ1v) is 5.62. The van der Waals surface area contributed by atoms with Crippen LogP contribution in [0.2, 0.25) is 0 Å². The standard InChI is InChI=1S/C11H10F3N5O2/c12-11(13,14)7-3-1-2-6(4-7)5-20-18-9(15)8-10(16)19-21-17-8/h1-4H,5H2,(H2,15,18)(H2,16,19)/p+1. The van der Waals surface area contributed by atoms with Crippen LogP contribution in [-0.2, 0) is 17.6 Å². The summed E-state index contributed by atoms with van der Waals surface area (Å²) in [5, 5.41) is 9.18. The summed E-state index contributed by atoms with van der Waals surface area (Å²) in [6.45, 7) is -0.188. The lowest BCUT2D eigenvalue weighted by Crippen LogP contribution is -2.18. The summed E-state index contributed by atoms with van der Waals surface area (Å²) in [5.74, 6) is -0.108. The first-order valence-electron chi connectivity index (χ1n) is 5.62. The zero-order valence-corrected chi connectivity index (χ0v) is 10.5. The van der Waals surface area contributed by atoms with Crippen LogP contribution in [0.1, 0.15) is 16.8 Å². The number of nitrogens with one attached hydrogen (secondary N) is 1. The molecule has 112 valence electrons. The second kappa shape index (κ2) is 5.69. The zero-order chi connectivity index (χ0) is 15.5. The predicted molar refractivity (Wildman–Crippen MR) is 64.4 cm³/mol. The molecule has 0 atom stereocenters. The Bertz CT molecular complexity index is 653. The van der Waals surface area contributed by atoms with E-state index in [0.717, 1.165) is 12.1 Å². The topological polar surface area (TPSA) is 114 Å². The van der Waals surface area contributed by atoms with Gasteiger partial charge in [0, 0.05) is 0 Å². The van der Waals surface area contributed by atoms with E-state index in [2.05, 4.69) is 20.1 Å². The summed E-state index contributed by atoms with van der Waals surface area (Å²) >= 11 is 0. The summed E-state index contributed by atoms with van der Waals surface area (Å²) in [6, 6.07) is 4.68. The summed E-state index contributed by atoms with van der Waals surface area (Å²) < 4.78 is 42.0. The molecule has 21 heavy (non-hydrogen) atoms. The molecular weight excluding hydrogens is 291 g/mol. The first-order chi connectivity index (χ1) is 9.88. The van der Waals surface area contributed by atoms with Crippen LogP contribution in [0, 0.1) is 0 Å². The number of hydrogen-bond acceptors (Lipinski definition) is 5. The van der Waals surface area contributed by atoms with Gasteiger partial charge in [0.1, 0.15) is 6.61 Å². The lowest BCUT2D eigenvalue weighted by molar-refractivity contribution is -0.610. The summed E-state index contributed by atoms with van der Waals surface area (Å²) in [6.07, 6.45) is -4.41. The van der Waals surface area contributed by atoms with Crippen molar-refractivity contribution in [2.24, 2.45) is 10.9 Å². The minimum Gasteiger partial charge on any atom is -0.389 e. The number of benzene rings is 1. The maximum absolute atomic E-state index is 12.5. The molecular formula is C11H11F3N5O2+. The van der Waals surface area contributed by atoms with E-state index in [1.54, 1.807) is 0 Å². The highest BCUT2D eigenvalue weighted by Crippen LogP contribution is 2.29. The van der Waals surface area contributed by atoms with E-state index in [4.69, 9.17) is 16.3 Å². The highest BCUT2D eigenvalue weighted by atomic mass is 19.4. The predicted octanol–water partition coefficient (Wildman–Crippen LogP) is 0.927. The van der Waals surface area contributed by atoms with Crippen molar-refractivity contribution in [3.8, 4) is 0 Å². The number of aromatic nitrogens is 2. The highest BCUT2D eigenvalue weighted by molar-refractivity contribution is 5.98. The van der Waals surface area contributed by atoms with E-state index in [9.17, 15) is 13.2 Å². The number of nitrogens with zero attached hydrogens (tertiary/aromatic N) is 2. The Hall–Kier alpha value is -2.78. The van der Waals surface area contributed by atoms with Gasteiger partial charge in [-0.2, -0.15) is 13.2 Å². The molecule has 1 aromatic carbocycles. The largest absolute Gasteiger partial charge is 0.416 e. The first kappa shape index (κ1) is 14.6. The van der Waals surface area contributed by atoms with Crippen molar-refractivity contribution in [3.63, 3.8) is 0 Å². The number of rotatable bonds is 4. The summed E-state index contributed by atoms with van der Waals surface area (Å²) in [4.78, 5) is 4.87. The van der Waals surface area contributed by atoms with Gasteiger partial charge in [-0.1, -0.05) is 22.4 Å². The molecule has 0 aliphatic heterocycles. The molecule has 0 aliphatic carbocycles. The number of aromatic amines is 1. The molecule has 0 spiro atoms. The third-order valence-corrected chi connectivity index (χ3v) is 2.44. The molecule has 0 amide bonds. The second-order valence-corrected chi connectivity index (χ2v) is 4.00.